The Kier molecular flexibility index (Phi) is 5.87. The van der Waals surface area contributed by atoms with E-state index in [1.807, 2.05) is 6.08 Å². The smallest absolute Gasteiger partial charge is 0.0483 e. The number of hydrogen-bond acceptors (Lipinski definition) is 1. The monoisotopic (exact) mass is 270 g/mol. The Bertz CT molecular complexity index is 539. The highest BCUT2D eigenvalue weighted by Gasteiger charge is 2.04. The molecule has 20 heavy (non-hydrogen) atoms. The number of nitrogens with one attached hydrogen (secondary N) is 1. The third-order valence-corrected chi connectivity index (χ3v) is 3.78. The predicted octanol–water partition coefficient (Wildman–Crippen LogP) is 4.50. The van der Waals surface area contributed by atoms with Crippen LogP contribution in [0, 0.1) is 0 Å². The third-order valence-electron chi connectivity index (χ3n) is 3.78. The van der Waals surface area contributed by atoms with Crippen molar-refractivity contribution >= 4 is 10.9 Å². The highest BCUT2D eigenvalue weighted by atomic mass is 14.9. The zero-order chi connectivity index (χ0) is 14.2. The minimum atomic E-state index is 0.956. The van der Waals surface area contributed by atoms with Crippen LogP contribution in [0.25, 0.3) is 10.9 Å². The second kappa shape index (κ2) is 7.91. The maximum Gasteiger partial charge on any atom is 0.0483 e. The van der Waals surface area contributed by atoms with Gasteiger partial charge in [-0.3, -0.25) is 0 Å². The molecule has 0 saturated heterocycles. The second-order valence-electron chi connectivity index (χ2n) is 5.28. The van der Waals surface area contributed by atoms with Gasteiger partial charge in [-0.1, -0.05) is 31.6 Å². The molecule has 1 N–H and O–H groups in total. The number of benzene rings is 1. The molecule has 0 spiro atoms. The van der Waals surface area contributed by atoms with E-state index < -0.39 is 0 Å². The molecule has 2 aromatic rings. The molecule has 1 aromatic carbocycles. The molecule has 0 aliphatic rings. The lowest BCUT2D eigenvalue weighted by Crippen LogP contribution is -2.11. The molecular weight excluding hydrogens is 244 g/mol. The second-order valence-corrected chi connectivity index (χ2v) is 5.28. The molecule has 0 aliphatic heterocycles. The van der Waals surface area contributed by atoms with Crippen LogP contribution >= 0.6 is 0 Å². The molecule has 0 unspecified atom stereocenters. The van der Waals surface area contributed by atoms with Gasteiger partial charge in [0.25, 0.3) is 0 Å². The van der Waals surface area contributed by atoms with Crippen molar-refractivity contribution in [2.24, 2.45) is 0 Å². The van der Waals surface area contributed by atoms with Crippen molar-refractivity contribution in [2.45, 2.75) is 45.7 Å². The topological polar surface area (TPSA) is 17.0 Å². The lowest BCUT2D eigenvalue weighted by atomic mass is 10.1. The number of unbranched alkanes of at least 4 members (excludes halogenated alkanes) is 3. The molecule has 2 heteroatoms. The highest BCUT2D eigenvalue weighted by Crippen LogP contribution is 2.21. The van der Waals surface area contributed by atoms with Crippen LogP contribution in [0.2, 0.25) is 0 Å². The predicted molar refractivity (Wildman–Crippen MR) is 88.0 cm³/mol. The Morgan fingerprint density at radius 1 is 1.20 bits per heavy atom. The fraction of sp³-hybridized carbons (Fsp3) is 0.444. The maximum atomic E-state index is 3.77. The minimum Gasteiger partial charge on any atom is -0.347 e. The average molecular weight is 270 g/mol. The molecule has 0 amide bonds. The summed E-state index contributed by atoms with van der Waals surface area (Å²) in [4.78, 5) is 0. The first kappa shape index (κ1) is 14.9. The van der Waals surface area contributed by atoms with Crippen LogP contribution in [-0.2, 0) is 13.1 Å². The van der Waals surface area contributed by atoms with Crippen molar-refractivity contribution in [2.75, 3.05) is 6.54 Å². The Hall–Kier alpha value is -1.54. The van der Waals surface area contributed by atoms with Gasteiger partial charge in [-0.25, -0.2) is 0 Å². The van der Waals surface area contributed by atoms with Crippen LogP contribution in [0.1, 0.15) is 38.2 Å². The molecule has 0 radical (unpaired) electrons. The van der Waals surface area contributed by atoms with E-state index in [-0.39, 0.29) is 0 Å². The van der Waals surface area contributed by atoms with Crippen molar-refractivity contribution in [1.29, 1.82) is 0 Å². The van der Waals surface area contributed by atoms with Gasteiger partial charge in [0.1, 0.15) is 0 Å². The SMILES string of the molecule is C=CCCCCCn1ccc2c(CNCC)cccc21. The van der Waals surface area contributed by atoms with Gasteiger partial charge in [0.15, 0.2) is 0 Å². The molecule has 0 saturated carbocycles. The number of allylic oxidation sites excluding steroid dienone is 1. The summed E-state index contributed by atoms with van der Waals surface area (Å²) in [6.45, 7) is 9.01. The van der Waals surface area contributed by atoms with Crippen LogP contribution in [-0.4, -0.2) is 11.1 Å². The van der Waals surface area contributed by atoms with Gasteiger partial charge in [0.2, 0.25) is 0 Å². The van der Waals surface area contributed by atoms with Gasteiger partial charge in [-0.2, -0.15) is 0 Å². The van der Waals surface area contributed by atoms with E-state index in [1.54, 1.807) is 0 Å². The number of nitrogens with zero attached hydrogens (tertiary/aromatic N) is 1. The van der Waals surface area contributed by atoms with Crippen molar-refractivity contribution < 1.29 is 0 Å². The summed E-state index contributed by atoms with van der Waals surface area (Å²) in [7, 11) is 0. The van der Waals surface area contributed by atoms with E-state index in [4.69, 9.17) is 0 Å². The quantitative estimate of drug-likeness (QED) is 0.524. The molecule has 0 atom stereocenters. The Morgan fingerprint density at radius 2 is 2.10 bits per heavy atom. The summed E-state index contributed by atoms with van der Waals surface area (Å²) in [5.41, 5.74) is 2.76. The molecule has 0 bridgehead atoms. The van der Waals surface area contributed by atoms with Crippen LogP contribution in [0.3, 0.4) is 0 Å². The number of aryl methyl sites for hydroxylation is 1. The van der Waals surface area contributed by atoms with E-state index in [0.717, 1.165) is 26.1 Å². The van der Waals surface area contributed by atoms with Gasteiger partial charge in [0.05, 0.1) is 0 Å². The van der Waals surface area contributed by atoms with Crippen LogP contribution in [0.4, 0.5) is 0 Å². The summed E-state index contributed by atoms with van der Waals surface area (Å²) in [5, 5.41) is 4.80. The Morgan fingerprint density at radius 3 is 2.90 bits per heavy atom. The standard InChI is InChI=1S/C18H26N2/c1-3-5-6-7-8-13-20-14-12-17-16(15-19-4-2)10-9-11-18(17)20/h3,9-12,14,19H,1,4-8,13,15H2,2H3. The number of hydrogen-bond donors (Lipinski definition) is 1. The van der Waals surface area contributed by atoms with Crippen molar-refractivity contribution in [3.05, 3.63) is 48.7 Å². The van der Waals surface area contributed by atoms with E-state index in [2.05, 4.69) is 53.8 Å². The summed E-state index contributed by atoms with van der Waals surface area (Å²) in [6.07, 6.45) is 9.16. The molecule has 108 valence electrons. The molecule has 2 rings (SSSR count). The fourth-order valence-corrected chi connectivity index (χ4v) is 2.64. The van der Waals surface area contributed by atoms with Crippen molar-refractivity contribution in [3.63, 3.8) is 0 Å². The zero-order valence-electron chi connectivity index (χ0n) is 12.6. The number of aromatic nitrogens is 1. The van der Waals surface area contributed by atoms with Crippen molar-refractivity contribution in [1.82, 2.24) is 9.88 Å². The van der Waals surface area contributed by atoms with Crippen molar-refractivity contribution in [3.8, 4) is 0 Å². The fourth-order valence-electron chi connectivity index (χ4n) is 2.64. The van der Waals surface area contributed by atoms with E-state index in [1.165, 1.54) is 35.7 Å². The van der Waals surface area contributed by atoms with Gasteiger partial charge in [0, 0.05) is 30.2 Å². The molecule has 1 aromatic heterocycles. The number of rotatable bonds is 9. The normalized spacial score (nSPS) is 11.1. The number of fused-ring (bicyclic) bond motifs is 1. The van der Waals surface area contributed by atoms with Gasteiger partial charge in [-0.05, 0) is 43.5 Å². The first-order valence-electron chi connectivity index (χ1n) is 7.75. The summed E-state index contributed by atoms with van der Waals surface area (Å²) in [6, 6.07) is 8.88. The first-order valence-corrected chi connectivity index (χ1v) is 7.75. The van der Waals surface area contributed by atoms with E-state index >= 15 is 0 Å². The van der Waals surface area contributed by atoms with Crippen LogP contribution < -0.4 is 5.32 Å². The lowest BCUT2D eigenvalue weighted by Gasteiger charge is -2.07. The van der Waals surface area contributed by atoms with Gasteiger partial charge < -0.3 is 9.88 Å². The van der Waals surface area contributed by atoms with E-state index in [0.29, 0.717) is 0 Å². The molecule has 2 nitrogen and oxygen atoms in total. The summed E-state index contributed by atoms with van der Waals surface area (Å²) >= 11 is 0. The molecular formula is C18H26N2. The van der Waals surface area contributed by atoms with Crippen LogP contribution in [0.15, 0.2) is 43.1 Å². The first-order chi connectivity index (χ1) is 9.86. The molecule has 0 aliphatic carbocycles. The Balaban J connectivity index is 2.02. The summed E-state index contributed by atoms with van der Waals surface area (Å²) < 4.78 is 2.39. The third kappa shape index (κ3) is 3.73. The minimum absolute atomic E-state index is 0.956. The van der Waals surface area contributed by atoms with Crippen LogP contribution in [0.5, 0.6) is 0 Å². The zero-order valence-corrected chi connectivity index (χ0v) is 12.6. The largest absolute Gasteiger partial charge is 0.347 e. The van der Waals surface area contributed by atoms with Gasteiger partial charge in [-0.15, -0.1) is 6.58 Å². The molecule has 0 fully saturated rings. The lowest BCUT2D eigenvalue weighted by molar-refractivity contribution is 0.603. The average Bonchev–Trinajstić information content (AvgIpc) is 2.89. The Labute approximate surface area is 122 Å². The van der Waals surface area contributed by atoms with E-state index in [9.17, 15) is 0 Å². The van der Waals surface area contributed by atoms with Gasteiger partial charge >= 0.3 is 0 Å². The highest BCUT2D eigenvalue weighted by molar-refractivity contribution is 5.83. The summed E-state index contributed by atoms with van der Waals surface area (Å²) in [5.74, 6) is 0. The molecule has 1 heterocycles. The maximum absolute atomic E-state index is 3.77.